The highest BCUT2D eigenvalue weighted by atomic mass is 16.5. The Labute approximate surface area is 98.0 Å². The van der Waals surface area contributed by atoms with E-state index in [-0.39, 0.29) is 0 Å². The normalized spacial score (nSPS) is 20.2. The molecule has 0 spiro atoms. The van der Waals surface area contributed by atoms with E-state index in [0.29, 0.717) is 12.0 Å². The quantitative estimate of drug-likeness (QED) is 0.822. The van der Waals surface area contributed by atoms with Gasteiger partial charge in [0.1, 0.15) is 5.75 Å². The predicted molar refractivity (Wildman–Crippen MR) is 67.1 cm³/mol. The Kier molecular flexibility index (Phi) is 3.83. The van der Waals surface area contributed by atoms with Crippen LogP contribution >= 0.6 is 0 Å². The van der Waals surface area contributed by atoms with Gasteiger partial charge in [-0.2, -0.15) is 0 Å². The molecule has 0 aliphatic carbocycles. The first kappa shape index (κ1) is 11.5. The van der Waals surface area contributed by atoms with Crippen LogP contribution in [0.3, 0.4) is 0 Å². The van der Waals surface area contributed by atoms with Gasteiger partial charge in [-0.25, -0.2) is 0 Å². The van der Waals surface area contributed by atoms with Gasteiger partial charge in [0.15, 0.2) is 0 Å². The Morgan fingerprint density at radius 2 is 2.25 bits per heavy atom. The van der Waals surface area contributed by atoms with Crippen LogP contribution in [0, 0.1) is 0 Å². The highest BCUT2D eigenvalue weighted by Gasteiger charge is 2.23. The molecule has 2 heteroatoms. The lowest BCUT2D eigenvalue weighted by Gasteiger charge is -2.15. The summed E-state index contributed by atoms with van der Waals surface area (Å²) in [6.07, 6.45) is 2.49. The highest BCUT2D eigenvalue weighted by Crippen LogP contribution is 2.32. The molecule has 0 bridgehead atoms. The first-order valence-electron chi connectivity index (χ1n) is 6.26. The molecule has 0 amide bonds. The molecule has 0 aromatic heterocycles. The Hall–Kier alpha value is -1.02. The number of para-hydroxylation sites is 1. The number of benzene rings is 1. The molecule has 0 saturated heterocycles. The Morgan fingerprint density at radius 3 is 3.06 bits per heavy atom. The molecule has 1 heterocycles. The fraction of sp³-hybridized carbons (Fsp3) is 0.571. The lowest BCUT2D eigenvalue weighted by atomic mass is 10.0. The summed E-state index contributed by atoms with van der Waals surface area (Å²) in [5.41, 5.74) is 1.36. The van der Waals surface area contributed by atoms with E-state index in [4.69, 9.17) is 4.74 Å². The smallest absolute Gasteiger partial charge is 0.122 e. The van der Waals surface area contributed by atoms with Gasteiger partial charge < -0.3 is 10.1 Å². The second-order valence-corrected chi connectivity index (χ2v) is 4.64. The largest absolute Gasteiger partial charge is 0.493 e. The van der Waals surface area contributed by atoms with Gasteiger partial charge in [-0.3, -0.25) is 0 Å². The van der Waals surface area contributed by atoms with Crippen LogP contribution in [0.25, 0.3) is 0 Å². The summed E-state index contributed by atoms with van der Waals surface area (Å²) in [6.45, 7) is 6.33. The summed E-state index contributed by atoms with van der Waals surface area (Å²) in [4.78, 5) is 0. The van der Waals surface area contributed by atoms with E-state index >= 15 is 0 Å². The molecule has 1 N–H and O–H groups in total. The topological polar surface area (TPSA) is 21.3 Å². The lowest BCUT2D eigenvalue weighted by molar-refractivity contribution is 0.321. The SMILES string of the molecule is CCCC(C)NCC1COc2ccccc21. The monoisotopic (exact) mass is 219 g/mol. The van der Waals surface area contributed by atoms with Gasteiger partial charge in [0.05, 0.1) is 6.61 Å². The van der Waals surface area contributed by atoms with Crippen LogP contribution in [-0.4, -0.2) is 19.2 Å². The van der Waals surface area contributed by atoms with Crippen molar-refractivity contribution >= 4 is 0 Å². The van der Waals surface area contributed by atoms with Crippen molar-refractivity contribution < 1.29 is 4.74 Å². The third-order valence-electron chi connectivity index (χ3n) is 3.23. The zero-order valence-corrected chi connectivity index (χ0v) is 10.2. The van der Waals surface area contributed by atoms with E-state index in [9.17, 15) is 0 Å². The molecule has 16 heavy (non-hydrogen) atoms. The molecule has 88 valence electrons. The fourth-order valence-electron chi connectivity index (χ4n) is 2.28. The molecular formula is C14H21NO. The van der Waals surface area contributed by atoms with Crippen LogP contribution in [0.4, 0.5) is 0 Å². The maximum Gasteiger partial charge on any atom is 0.122 e. The van der Waals surface area contributed by atoms with Gasteiger partial charge in [-0.15, -0.1) is 0 Å². The number of nitrogens with one attached hydrogen (secondary N) is 1. The number of fused-ring (bicyclic) bond motifs is 1. The van der Waals surface area contributed by atoms with Gasteiger partial charge >= 0.3 is 0 Å². The minimum atomic E-state index is 0.524. The van der Waals surface area contributed by atoms with Crippen molar-refractivity contribution in [2.75, 3.05) is 13.2 Å². The van der Waals surface area contributed by atoms with Gasteiger partial charge in [0, 0.05) is 24.1 Å². The molecule has 0 fully saturated rings. The van der Waals surface area contributed by atoms with Crippen LogP contribution in [0.2, 0.25) is 0 Å². The zero-order valence-electron chi connectivity index (χ0n) is 10.2. The van der Waals surface area contributed by atoms with E-state index in [0.717, 1.165) is 18.9 Å². The van der Waals surface area contributed by atoms with Crippen molar-refractivity contribution in [1.82, 2.24) is 5.32 Å². The number of hydrogen-bond acceptors (Lipinski definition) is 2. The Balaban J connectivity index is 1.88. The summed E-state index contributed by atoms with van der Waals surface area (Å²) >= 11 is 0. The molecule has 1 aliphatic heterocycles. The van der Waals surface area contributed by atoms with Crippen molar-refractivity contribution in [3.63, 3.8) is 0 Å². The summed E-state index contributed by atoms with van der Waals surface area (Å²) in [7, 11) is 0. The molecular weight excluding hydrogens is 198 g/mol. The van der Waals surface area contributed by atoms with E-state index in [1.165, 1.54) is 18.4 Å². The average Bonchev–Trinajstić information content (AvgIpc) is 2.70. The summed E-state index contributed by atoms with van der Waals surface area (Å²) in [6, 6.07) is 8.98. The van der Waals surface area contributed by atoms with Crippen molar-refractivity contribution in [2.45, 2.75) is 38.6 Å². The van der Waals surface area contributed by atoms with Crippen LogP contribution in [0.5, 0.6) is 5.75 Å². The Bertz CT molecular complexity index is 337. The molecule has 0 saturated carbocycles. The van der Waals surface area contributed by atoms with E-state index in [1.54, 1.807) is 0 Å². The summed E-state index contributed by atoms with van der Waals surface area (Å²) < 4.78 is 5.66. The van der Waals surface area contributed by atoms with Crippen LogP contribution < -0.4 is 10.1 Å². The van der Waals surface area contributed by atoms with Crippen LogP contribution in [-0.2, 0) is 0 Å². The average molecular weight is 219 g/mol. The third kappa shape index (κ3) is 2.56. The minimum absolute atomic E-state index is 0.524. The second-order valence-electron chi connectivity index (χ2n) is 4.64. The number of ether oxygens (including phenoxy) is 1. The Morgan fingerprint density at radius 1 is 1.44 bits per heavy atom. The standard InChI is InChI=1S/C14H21NO/c1-3-6-11(2)15-9-12-10-16-14-8-5-4-7-13(12)14/h4-5,7-8,11-12,15H,3,6,9-10H2,1-2H3. The first-order chi connectivity index (χ1) is 7.81. The van der Waals surface area contributed by atoms with Gasteiger partial charge in [-0.1, -0.05) is 31.5 Å². The van der Waals surface area contributed by atoms with Crippen molar-refractivity contribution in [2.24, 2.45) is 0 Å². The predicted octanol–water partition coefficient (Wildman–Crippen LogP) is 2.94. The van der Waals surface area contributed by atoms with Crippen LogP contribution in [0.15, 0.2) is 24.3 Å². The number of rotatable bonds is 5. The third-order valence-corrected chi connectivity index (χ3v) is 3.23. The van der Waals surface area contributed by atoms with Crippen LogP contribution in [0.1, 0.15) is 38.2 Å². The maximum absolute atomic E-state index is 5.66. The van der Waals surface area contributed by atoms with E-state index in [2.05, 4.69) is 37.4 Å². The van der Waals surface area contributed by atoms with E-state index < -0.39 is 0 Å². The molecule has 2 atom stereocenters. The highest BCUT2D eigenvalue weighted by molar-refractivity contribution is 5.39. The van der Waals surface area contributed by atoms with Gasteiger partial charge in [-0.05, 0) is 19.4 Å². The molecule has 0 radical (unpaired) electrons. The van der Waals surface area contributed by atoms with Gasteiger partial charge in [0.2, 0.25) is 0 Å². The fourth-order valence-corrected chi connectivity index (χ4v) is 2.28. The molecule has 1 aliphatic rings. The molecule has 2 rings (SSSR count). The summed E-state index contributed by atoms with van der Waals surface area (Å²) in [5, 5.41) is 3.59. The van der Waals surface area contributed by atoms with Gasteiger partial charge in [0.25, 0.3) is 0 Å². The van der Waals surface area contributed by atoms with Crippen molar-refractivity contribution in [3.8, 4) is 5.75 Å². The molecule has 1 aromatic rings. The lowest BCUT2D eigenvalue weighted by Crippen LogP contribution is -2.30. The number of hydrogen-bond donors (Lipinski definition) is 1. The summed E-state index contributed by atoms with van der Waals surface area (Å²) in [5.74, 6) is 1.59. The maximum atomic E-state index is 5.66. The molecule has 1 aromatic carbocycles. The van der Waals surface area contributed by atoms with Crippen molar-refractivity contribution in [1.29, 1.82) is 0 Å². The first-order valence-corrected chi connectivity index (χ1v) is 6.26. The molecule has 2 nitrogen and oxygen atoms in total. The minimum Gasteiger partial charge on any atom is -0.493 e. The molecule has 2 unspecified atom stereocenters. The van der Waals surface area contributed by atoms with Crippen molar-refractivity contribution in [3.05, 3.63) is 29.8 Å². The second kappa shape index (κ2) is 5.35. The zero-order chi connectivity index (χ0) is 11.4. The van der Waals surface area contributed by atoms with E-state index in [1.807, 2.05) is 6.07 Å².